The van der Waals surface area contributed by atoms with Gasteiger partial charge in [-0.1, -0.05) is 6.07 Å². The van der Waals surface area contributed by atoms with Gasteiger partial charge in [-0.2, -0.15) is 0 Å². The van der Waals surface area contributed by atoms with Gasteiger partial charge in [0.1, 0.15) is 17.2 Å². The Bertz CT molecular complexity index is 1390. The number of fused-ring (bicyclic) bond motifs is 3. The standard InChI is InChI=1S/C28H35FN2O8S/c1-28(2,3)39-27(33)31-10-9-19(13-31)37-15-17-11-18(29)5-8-23(17)40(34,35)30-22-7-6-20-21-12-16(21)14-38-25(20)24(22)26(32)36-4/h5-8,11,16,19,21,26,30,32H,9-10,12-15H2,1-4H3/t16-,19-,21-,26?/m0/s1. The van der Waals surface area contributed by atoms with Gasteiger partial charge in [-0.15, -0.1) is 0 Å². The predicted molar refractivity (Wildman–Crippen MR) is 143 cm³/mol. The van der Waals surface area contributed by atoms with Crippen LogP contribution in [0.1, 0.15) is 62.5 Å². The number of carbonyl (C=O) groups is 1. The number of aliphatic hydroxyl groups is 1. The average Bonchev–Trinajstić information content (AvgIpc) is 3.53. The second-order valence-electron chi connectivity index (χ2n) is 11.5. The number of hydrogen-bond acceptors (Lipinski definition) is 8. The van der Waals surface area contributed by atoms with Gasteiger partial charge < -0.3 is 29.0 Å². The summed E-state index contributed by atoms with van der Waals surface area (Å²) in [5.41, 5.74) is 0.705. The number of methoxy groups -OCH3 is 1. The third-order valence-corrected chi connectivity index (χ3v) is 8.75. The molecule has 1 saturated heterocycles. The molecule has 1 amide bonds. The molecule has 218 valence electrons. The van der Waals surface area contributed by atoms with E-state index in [9.17, 15) is 22.7 Å². The Morgan fingerprint density at radius 1 is 1.27 bits per heavy atom. The SMILES string of the molecule is COC(O)c1c(NS(=O)(=O)c2ccc(F)cc2CO[C@H]2CCN(C(=O)OC(C)(C)C)C2)ccc2c1OC[C@@H]1C[C@H]21. The zero-order valence-electron chi connectivity index (χ0n) is 23.0. The van der Waals surface area contributed by atoms with Crippen molar-refractivity contribution >= 4 is 21.8 Å². The fraction of sp³-hybridized carbons (Fsp3) is 0.536. The van der Waals surface area contributed by atoms with Crippen LogP contribution in [0.15, 0.2) is 35.2 Å². The Balaban J connectivity index is 1.34. The molecule has 2 heterocycles. The largest absolute Gasteiger partial charge is 0.492 e. The molecule has 1 unspecified atom stereocenters. The van der Waals surface area contributed by atoms with E-state index in [1.165, 1.54) is 18.1 Å². The van der Waals surface area contributed by atoms with Crippen LogP contribution in [0.3, 0.4) is 0 Å². The van der Waals surface area contributed by atoms with E-state index >= 15 is 0 Å². The summed E-state index contributed by atoms with van der Waals surface area (Å²) in [5, 5.41) is 10.6. The lowest BCUT2D eigenvalue weighted by Gasteiger charge is -2.25. The second kappa shape index (κ2) is 10.8. The smallest absolute Gasteiger partial charge is 0.410 e. The first kappa shape index (κ1) is 28.6. The van der Waals surface area contributed by atoms with E-state index in [2.05, 4.69) is 4.72 Å². The Kier molecular flexibility index (Phi) is 7.73. The number of halogens is 1. The Morgan fingerprint density at radius 2 is 2.05 bits per heavy atom. The fourth-order valence-electron chi connectivity index (χ4n) is 5.21. The van der Waals surface area contributed by atoms with Crippen LogP contribution >= 0.6 is 0 Å². The zero-order valence-corrected chi connectivity index (χ0v) is 23.8. The van der Waals surface area contributed by atoms with E-state index < -0.39 is 33.8 Å². The number of carbonyl (C=O) groups excluding carboxylic acids is 1. The number of rotatable bonds is 8. The third-order valence-electron chi connectivity index (χ3n) is 7.29. The molecule has 5 rings (SSSR count). The molecule has 40 heavy (non-hydrogen) atoms. The quantitative estimate of drug-likeness (QED) is 0.445. The van der Waals surface area contributed by atoms with E-state index in [-0.39, 0.29) is 41.0 Å². The van der Waals surface area contributed by atoms with Crippen LogP contribution in [0.25, 0.3) is 0 Å². The van der Waals surface area contributed by atoms with Crippen molar-refractivity contribution in [3.8, 4) is 5.75 Å². The molecule has 3 aliphatic rings. The summed E-state index contributed by atoms with van der Waals surface area (Å²) < 4.78 is 66.3. The molecule has 0 aromatic heterocycles. The topological polar surface area (TPSA) is 124 Å². The first-order valence-corrected chi connectivity index (χ1v) is 14.8. The van der Waals surface area contributed by atoms with Crippen molar-refractivity contribution < 1.29 is 41.7 Å². The van der Waals surface area contributed by atoms with Crippen LogP contribution < -0.4 is 9.46 Å². The number of amides is 1. The highest BCUT2D eigenvalue weighted by Crippen LogP contribution is 2.56. The van der Waals surface area contributed by atoms with Gasteiger partial charge >= 0.3 is 6.09 Å². The van der Waals surface area contributed by atoms with Crippen LogP contribution in [0, 0.1) is 11.7 Å². The number of benzene rings is 2. The van der Waals surface area contributed by atoms with Gasteiger partial charge in [0, 0.05) is 25.1 Å². The van der Waals surface area contributed by atoms with Crippen molar-refractivity contribution in [2.45, 2.75) is 69.0 Å². The lowest BCUT2D eigenvalue weighted by Crippen LogP contribution is -2.36. The number of anilines is 1. The van der Waals surface area contributed by atoms with Crippen molar-refractivity contribution in [2.24, 2.45) is 5.92 Å². The summed E-state index contributed by atoms with van der Waals surface area (Å²) in [6.45, 7) is 6.37. The van der Waals surface area contributed by atoms with Crippen molar-refractivity contribution in [2.75, 3.05) is 31.5 Å². The molecule has 4 atom stereocenters. The molecular formula is C28H35FN2O8S. The minimum absolute atomic E-state index is 0.104. The number of hydrogen-bond donors (Lipinski definition) is 2. The number of nitrogens with zero attached hydrogens (tertiary/aromatic N) is 1. The lowest BCUT2D eigenvalue weighted by molar-refractivity contribution is -0.0779. The van der Waals surface area contributed by atoms with Gasteiger partial charge in [-0.3, -0.25) is 4.72 Å². The highest BCUT2D eigenvalue weighted by atomic mass is 32.2. The van der Waals surface area contributed by atoms with Crippen molar-refractivity contribution in [1.29, 1.82) is 0 Å². The molecular weight excluding hydrogens is 543 g/mol. The van der Waals surface area contributed by atoms with Crippen LogP contribution in [0.4, 0.5) is 14.9 Å². The molecule has 2 aromatic carbocycles. The molecule has 12 heteroatoms. The molecule has 2 aromatic rings. The highest BCUT2D eigenvalue weighted by molar-refractivity contribution is 7.92. The molecule has 0 spiro atoms. The van der Waals surface area contributed by atoms with Crippen LogP contribution in [0.2, 0.25) is 0 Å². The molecule has 2 N–H and O–H groups in total. The highest BCUT2D eigenvalue weighted by Gasteiger charge is 2.45. The normalized spacial score (nSPS) is 22.6. The van der Waals surface area contributed by atoms with Gasteiger partial charge in [0.15, 0.2) is 6.29 Å². The van der Waals surface area contributed by atoms with Gasteiger partial charge in [0.2, 0.25) is 0 Å². The minimum atomic E-state index is -4.25. The van der Waals surface area contributed by atoms with E-state index in [1.807, 2.05) is 0 Å². The predicted octanol–water partition coefficient (Wildman–Crippen LogP) is 4.29. The van der Waals surface area contributed by atoms with Crippen molar-refractivity contribution in [3.63, 3.8) is 0 Å². The molecule has 10 nitrogen and oxygen atoms in total. The summed E-state index contributed by atoms with van der Waals surface area (Å²) in [6, 6.07) is 6.74. The maximum atomic E-state index is 14.2. The average molecular weight is 579 g/mol. The first-order chi connectivity index (χ1) is 18.9. The number of ether oxygens (including phenoxy) is 4. The van der Waals surface area contributed by atoms with E-state index in [4.69, 9.17) is 18.9 Å². The van der Waals surface area contributed by atoms with Crippen LogP contribution in [0.5, 0.6) is 5.75 Å². The van der Waals surface area contributed by atoms with Crippen molar-refractivity contribution in [1.82, 2.24) is 4.90 Å². The summed E-state index contributed by atoms with van der Waals surface area (Å²) in [5.74, 6) is 0.558. The Labute approximate surface area is 233 Å². The Hall–Kier alpha value is -2.93. The number of sulfonamides is 1. The molecule has 2 aliphatic heterocycles. The molecule has 0 bridgehead atoms. The number of likely N-dealkylation sites (tertiary alicyclic amines) is 1. The number of nitrogens with one attached hydrogen (secondary N) is 1. The van der Waals surface area contributed by atoms with Gasteiger partial charge in [0.25, 0.3) is 10.0 Å². The molecule has 1 saturated carbocycles. The van der Waals surface area contributed by atoms with Gasteiger partial charge in [-0.25, -0.2) is 17.6 Å². The second-order valence-corrected chi connectivity index (χ2v) is 13.1. The van der Waals surface area contributed by atoms with E-state index in [1.54, 1.807) is 32.9 Å². The fourth-order valence-corrected chi connectivity index (χ4v) is 6.50. The maximum Gasteiger partial charge on any atom is 0.410 e. The maximum absolute atomic E-state index is 14.2. The van der Waals surface area contributed by atoms with Crippen LogP contribution in [-0.4, -0.2) is 63.0 Å². The summed E-state index contributed by atoms with van der Waals surface area (Å²) in [7, 11) is -2.94. The molecule has 1 aliphatic carbocycles. The number of aliphatic hydroxyl groups excluding tert-OH is 1. The van der Waals surface area contributed by atoms with E-state index in [0.29, 0.717) is 37.2 Å². The summed E-state index contributed by atoms with van der Waals surface area (Å²) in [4.78, 5) is 13.7. The van der Waals surface area contributed by atoms with Gasteiger partial charge in [-0.05, 0) is 69.4 Å². The minimum Gasteiger partial charge on any atom is -0.492 e. The van der Waals surface area contributed by atoms with Gasteiger partial charge in [0.05, 0.1) is 42.0 Å². The van der Waals surface area contributed by atoms with E-state index in [0.717, 1.165) is 24.1 Å². The lowest BCUT2D eigenvalue weighted by atomic mass is 10.00. The third kappa shape index (κ3) is 6.04. The summed E-state index contributed by atoms with van der Waals surface area (Å²) in [6.07, 6.45) is -0.724. The molecule has 2 fully saturated rings. The monoisotopic (exact) mass is 578 g/mol. The Morgan fingerprint density at radius 3 is 2.77 bits per heavy atom. The molecule has 0 radical (unpaired) electrons. The summed E-state index contributed by atoms with van der Waals surface area (Å²) >= 11 is 0. The first-order valence-electron chi connectivity index (χ1n) is 13.3. The van der Waals surface area contributed by atoms with Crippen LogP contribution in [-0.2, 0) is 30.8 Å². The zero-order chi connectivity index (χ0) is 28.8. The van der Waals surface area contributed by atoms with Crippen molar-refractivity contribution in [3.05, 3.63) is 52.8 Å².